The quantitative estimate of drug-likeness (QED) is 0.875. The molecule has 2 fully saturated rings. The van der Waals surface area contributed by atoms with E-state index in [1.165, 1.54) is 11.1 Å². The first kappa shape index (κ1) is 13.1. The number of epoxide rings is 1. The molecule has 4 nitrogen and oxygen atoms in total. The van der Waals surface area contributed by atoms with Crippen molar-refractivity contribution >= 4 is 0 Å². The number of aromatic amines is 1. The summed E-state index contributed by atoms with van der Waals surface area (Å²) in [6.45, 7) is 4.40. The minimum Gasteiger partial charge on any atom is -0.372 e. The fraction of sp³-hybridized carbons (Fsp3) is 0.412. The van der Waals surface area contributed by atoms with E-state index in [4.69, 9.17) is 9.47 Å². The van der Waals surface area contributed by atoms with E-state index in [0.717, 1.165) is 32.8 Å². The van der Waals surface area contributed by atoms with Gasteiger partial charge in [-0.2, -0.15) is 0 Å². The average molecular weight is 284 g/mol. The Hall–Kier alpha value is -1.62. The van der Waals surface area contributed by atoms with Gasteiger partial charge in [-0.25, -0.2) is 0 Å². The number of hydrogen-bond donors (Lipinski definition) is 1. The second kappa shape index (κ2) is 5.30. The van der Waals surface area contributed by atoms with Crippen LogP contribution in [0.1, 0.15) is 11.1 Å². The molecule has 2 aliphatic heterocycles. The molecule has 0 saturated carbocycles. The molecule has 110 valence electrons. The van der Waals surface area contributed by atoms with E-state index in [-0.39, 0.29) is 11.7 Å². The molecule has 4 rings (SSSR count). The molecule has 21 heavy (non-hydrogen) atoms. The lowest BCUT2D eigenvalue weighted by Crippen LogP contribution is -2.47. The molecule has 4 heteroatoms. The first-order valence-corrected chi connectivity index (χ1v) is 7.52. The van der Waals surface area contributed by atoms with E-state index < -0.39 is 0 Å². The Balaban J connectivity index is 1.46. The van der Waals surface area contributed by atoms with Crippen LogP contribution in [0.25, 0.3) is 0 Å². The first-order valence-electron chi connectivity index (χ1n) is 7.52. The fourth-order valence-electron chi connectivity index (χ4n) is 3.17. The smallest absolute Gasteiger partial charge is 0.145 e. The van der Waals surface area contributed by atoms with Gasteiger partial charge in [-0.05, 0) is 11.6 Å². The molecule has 2 unspecified atom stereocenters. The Morgan fingerprint density at radius 2 is 2.10 bits per heavy atom. The molecule has 2 aromatic rings. The van der Waals surface area contributed by atoms with E-state index in [1.54, 1.807) is 0 Å². The number of morpholine rings is 1. The predicted octanol–water partition coefficient (Wildman–Crippen LogP) is 2.14. The number of aromatic nitrogens is 1. The summed E-state index contributed by atoms with van der Waals surface area (Å²) in [7, 11) is 0. The Morgan fingerprint density at radius 3 is 2.81 bits per heavy atom. The van der Waals surface area contributed by atoms with Crippen LogP contribution in [0.2, 0.25) is 0 Å². The zero-order valence-corrected chi connectivity index (χ0v) is 12.0. The van der Waals surface area contributed by atoms with Crippen LogP contribution in [0.3, 0.4) is 0 Å². The van der Waals surface area contributed by atoms with Gasteiger partial charge in [0.05, 0.1) is 13.2 Å². The van der Waals surface area contributed by atoms with E-state index in [2.05, 4.69) is 46.3 Å². The summed E-state index contributed by atoms with van der Waals surface area (Å²) in [4.78, 5) is 5.57. The molecule has 0 aliphatic carbocycles. The van der Waals surface area contributed by atoms with Gasteiger partial charge in [-0.3, -0.25) is 4.90 Å². The van der Waals surface area contributed by atoms with Crippen LogP contribution in [0, 0.1) is 0 Å². The largest absolute Gasteiger partial charge is 0.372 e. The number of hydrogen-bond acceptors (Lipinski definition) is 3. The predicted molar refractivity (Wildman–Crippen MR) is 79.9 cm³/mol. The summed E-state index contributed by atoms with van der Waals surface area (Å²) < 4.78 is 11.8. The molecule has 2 aliphatic rings. The molecule has 1 N–H and O–H groups in total. The van der Waals surface area contributed by atoms with Gasteiger partial charge in [0.15, 0.2) is 0 Å². The summed E-state index contributed by atoms with van der Waals surface area (Å²) in [5.74, 6) is 0. The van der Waals surface area contributed by atoms with Gasteiger partial charge in [0.2, 0.25) is 0 Å². The Morgan fingerprint density at radius 1 is 1.24 bits per heavy atom. The third kappa shape index (κ3) is 2.50. The van der Waals surface area contributed by atoms with E-state index >= 15 is 0 Å². The zero-order chi connectivity index (χ0) is 14.1. The molecule has 0 amide bonds. The van der Waals surface area contributed by atoms with Crippen molar-refractivity contribution in [2.24, 2.45) is 0 Å². The van der Waals surface area contributed by atoms with Crippen LogP contribution >= 0.6 is 0 Å². The highest BCUT2D eigenvalue weighted by Gasteiger charge is 2.55. The Labute approximate surface area is 124 Å². The summed E-state index contributed by atoms with van der Waals surface area (Å²) in [5.41, 5.74) is 2.33. The van der Waals surface area contributed by atoms with Gasteiger partial charge in [0.1, 0.15) is 11.7 Å². The third-order valence-electron chi connectivity index (χ3n) is 4.46. The lowest BCUT2D eigenvalue weighted by atomic mass is 9.95. The van der Waals surface area contributed by atoms with Crippen LogP contribution < -0.4 is 0 Å². The second-order valence-corrected chi connectivity index (χ2v) is 5.86. The molecule has 1 aromatic carbocycles. The Kier molecular flexibility index (Phi) is 3.30. The minimum absolute atomic E-state index is 0.116. The maximum absolute atomic E-state index is 6.02. The van der Waals surface area contributed by atoms with Crippen molar-refractivity contribution in [1.82, 2.24) is 9.88 Å². The average Bonchev–Trinajstić information content (AvgIpc) is 3.16. The van der Waals surface area contributed by atoms with Crippen LogP contribution in [0.5, 0.6) is 0 Å². The van der Waals surface area contributed by atoms with Gasteiger partial charge >= 0.3 is 0 Å². The number of nitrogens with one attached hydrogen (secondary N) is 1. The maximum Gasteiger partial charge on any atom is 0.145 e. The van der Waals surface area contributed by atoms with Crippen LogP contribution in [-0.4, -0.2) is 42.3 Å². The number of rotatable bonds is 4. The number of ether oxygens (including phenoxy) is 2. The van der Waals surface area contributed by atoms with Gasteiger partial charge in [0.25, 0.3) is 0 Å². The second-order valence-electron chi connectivity index (χ2n) is 5.86. The summed E-state index contributed by atoms with van der Waals surface area (Å²) in [6.07, 6.45) is 4.08. The van der Waals surface area contributed by atoms with Crippen molar-refractivity contribution < 1.29 is 9.47 Å². The minimum atomic E-state index is -0.227. The summed E-state index contributed by atoms with van der Waals surface area (Å²) in [6, 6.07) is 12.7. The van der Waals surface area contributed by atoms with E-state index in [9.17, 15) is 0 Å². The fourth-order valence-corrected chi connectivity index (χ4v) is 3.17. The molecule has 0 radical (unpaired) electrons. The SMILES string of the molecule is c1ccc(CN2CCOC(C3(c4cc[nH]c4)CO3)C2)cc1. The van der Waals surface area contributed by atoms with Crippen molar-refractivity contribution in [2.75, 3.05) is 26.3 Å². The maximum atomic E-state index is 6.02. The van der Waals surface area contributed by atoms with Gasteiger partial charge in [0, 0.05) is 37.6 Å². The van der Waals surface area contributed by atoms with Crippen molar-refractivity contribution in [1.29, 1.82) is 0 Å². The topological polar surface area (TPSA) is 40.8 Å². The molecule has 0 spiro atoms. The highest BCUT2D eigenvalue weighted by molar-refractivity contribution is 5.26. The first-order chi connectivity index (χ1) is 10.4. The highest BCUT2D eigenvalue weighted by Crippen LogP contribution is 2.44. The van der Waals surface area contributed by atoms with Gasteiger partial charge in [-0.15, -0.1) is 0 Å². The Bertz CT molecular complexity index is 578. The molecule has 1 aromatic heterocycles. The summed E-state index contributed by atoms with van der Waals surface area (Å²) >= 11 is 0. The zero-order valence-electron chi connectivity index (χ0n) is 12.0. The molecule has 3 heterocycles. The number of H-pyrrole nitrogens is 1. The van der Waals surface area contributed by atoms with E-state index in [0.29, 0.717) is 0 Å². The number of benzene rings is 1. The van der Waals surface area contributed by atoms with Crippen LogP contribution in [-0.2, 0) is 21.6 Å². The monoisotopic (exact) mass is 284 g/mol. The standard InChI is InChI=1S/C17H20N2O2/c1-2-4-14(5-3-1)11-19-8-9-20-16(12-19)17(13-21-17)15-6-7-18-10-15/h1-7,10,16,18H,8-9,11-13H2. The van der Waals surface area contributed by atoms with Crippen LogP contribution in [0.4, 0.5) is 0 Å². The number of nitrogens with zero attached hydrogens (tertiary/aromatic N) is 1. The third-order valence-corrected chi connectivity index (χ3v) is 4.46. The molecular weight excluding hydrogens is 264 g/mol. The molecule has 2 atom stereocenters. The summed E-state index contributed by atoms with van der Waals surface area (Å²) in [5, 5.41) is 0. The van der Waals surface area contributed by atoms with Crippen molar-refractivity contribution in [2.45, 2.75) is 18.2 Å². The normalized spacial score (nSPS) is 29.4. The highest BCUT2D eigenvalue weighted by atomic mass is 16.6. The van der Waals surface area contributed by atoms with Gasteiger partial charge in [-0.1, -0.05) is 30.3 Å². The lowest BCUT2D eigenvalue weighted by Gasteiger charge is -2.35. The molecule has 2 saturated heterocycles. The van der Waals surface area contributed by atoms with E-state index in [1.807, 2.05) is 12.4 Å². The molecular formula is C17H20N2O2. The molecule has 0 bridgehead atoms. The van der Waals surface area contributed by atoms with Crippen molar-refractivity contribution in [3.8, 4) is 0 Å². The van der Waals surface area contributed by atoms with Crippen LogP contribution in [0.15, 0.2) is 48.8 Å². The van der Waals surface area contributed by atoms with Gasteiger partial charge < -0.3 is 14.5 Å². The lowest BCUT2D eigenvalue weighted by molar-refractivity contribution is -0.0713. The van der Waals surface area contributed by atoms with Crippen molar-refractivity contribution in [3.63, 3.8) is 0 Å². The van der Waals surface area contributed by atoms with Crippen molar-refractivity contribution in [3.05, 3.63) is 59.9 Å².